The van der Waals surface area contributed by atoms with Crippen molar-refractivity contribution in [2.24, 2.45) is 5.73 Å². The van der Waals surface area contributed by atoms with Crippen LogP contribution in [0.15, 0.2) is 24.3 Å². The lowest BCUT2D eigenvalue weighted by Crippen LogP contribution is -2.57. The van der Waals surface area contributed by atoms with Crippen molar-refractivity contribution in [3.8, 4) is 5.75 Å². The first-order valence-corrected chi connectivity index (χ1v) is 6.01. The number of carbonyl (C=O) groups excluding carboxylic acids is 1. The number of likely N-dealkylation sites (N-methyl/N-ethyl adjacent to an activating group) is 1. The van der Waals surface area contributed by atoms with Crippen LogP contribution in [0, 0.1) is 0 Å². The number of anilines is 1. The topological polar surface area (TPSA) is 58.8 Å². The summed E-state index contributed by atoms with van der Waals surface area (Å²) in [6, 6.07) is 7.77. The number of nitrogens with zero attached hydrogens (tertiary/aromatic N) is 2. The second kappa shape index (κ2) is 5.27. The Balaban J connectivity index is 2.25. The van der Waals surface area contributed by atoms with Crippen LogP contribution in [0.4, 0.5) is 5.69 Å². The van der Waals surface area contributed by atoms with E-state index in [9.17, 15) is 4.79 Å². The standard InChI is InChI=1S/C13H19N3O2/c1-15-10(7-14)8-16(9-13(15)17)11-5-3-4-6-12(11)18-2/h3-6,10H,7-9,14H2,1-2H3. The molecule has 1 aliphatic heterocycles. The van der Waals surface area contributed by atoms with Crippen LogP contribution in [0.1, 0.15) is 0 Å². The van der Waals surface area contributed by atoms with Gasteiger partial charge in [0.25, 0.3) is 0 Å². The number of methoxy groups -OCH3 is 1. The van der Waals surface area contributed by atoms with Crippen LogP contribution in [-0.2, 0) is 4.79 Å². The Morgan fingerprint density at radius 3 is 2.83 bits per heavy atom. The van der Waals surface area contributed by atoms with Gasteiger partial charge in [0.1, 0.15) is 5.75 Å². The highest BCUT2D eigenvalue weighted by atomic mass is 16.5. The van der Waals surface area contributed by atoms with Gasteiger partial charge in [-0.05, 0) is 12.1 Å². The molecule has 0 aliphatic carbocycles. The van der Waals surface area contributed by atoms with Gasteiger partial charge in [0, 0.05) is 20.1 Å². The zero-order chi connectivity index (χ0) is 13.1. The summed E-state index contributed by atoms with van der Waals surface area (Å²) in [6.45, 7) is 1.57. The number of rotatable bonds is 3. The molecular formula is C13H19N3O2. The van der Waals surface area contributed by atoms with Crippen molar-refractivity contribution in [3.63, 3.8) is 0 Å². The van der Waals surface area contributed by atoms with E-state index < -0.39 is 0 Å². The zero-order valence-electron chi connectivity index (χ0n) is 10.8. The minimum Gasteiger partial charge on any atom is -0.495 e. The van der Waals surface area contributed by atoms with Gasteiger partial charge in [-0.3, -0.25) is 4.79 Å². The molecule has 0 saturated carbocycles. The molecule has 1 heterocycles. The molecule has 0 radical (unpaired) electrons. The van der Waals surface area contributed by atoms with Gasteiger partial charge in [-0.25, -0.2) is 0 Å². The number of para-hydroxylation sites is 2. The molecule has 0 spiro atoms. The summed E-state index contributed by atoms with van der Waals surface area (Å²) in [5, 5.41) is 0. The molecule has 2 rings (SSSR count). The largest absolute Gasteiger partial charge is 0.495 e. The fourth-order valence-electron chi connectivity index (χ4n) is 2.23. The molecule has 98 valence electrons. The summed E-state index contributed by atoms with van der Waals surface area (Å²) in [5.41, 5.74) is 6.66. The van der Waals surface area contributed by atoms with Crippen LogP contribution < -0.4 is 15.4 Å². The first kappa shape index (κ1) is 12.7. The van der Waals surface area contributed by atoms with Crippen molar-refractivity contribution in [2.45, 2.75) is 6.04 Å². The van der Waals surface area contributed by atoms with Gasteiger partial charge in [0.05, 0.1) is 25.4 Å². The van der Waals surface area contributed by atoms with E-state index in [1.165, 1.54) is 0 Å². The van der Waals surface area contributed by atoms with Crippen molar-refractivity contribution < 1.29 is 9.53 Å². The molecule has 1 amide bonds. The fraction of sp³-hybridized carbons (Fsp3) is 0.462. The highest BCUT2D eigenvalue weighted by Gasteiger charge is 2.30. The lowest BCUT2D eigenvalue weighted by atomic mass is 10.1. The average Bonchev–Trinajstić information content (AvgIpc) is 2.41. The van der Waals surface area contributed by atoms with Crippen LogP contribution in [0.25, 0.3) is 0 Å². The predicted molar refractivity (Wildman–Crippen MR) is 70.8 cm³/mol. The van der Waals surface area contributed by atoms with Crippen LogP contribution in [-0.4, -0.2) is 50.6 Å². The van der Waals surface area contributed by atoms with E-state index in [1.54, 1.807) is 19.1 Å². The van der Waals surface area contributed by atoms with Gasteiger partial charge in [0.2, 0.25) is 5.91 Å². The molecule has 1 saturated heterocycles. The molecular weight excluding hydrogens is 230 g/mol. The molecule has 1 aliphatic rings. The number of ether oxygens (including phenoxy) is 1. The van der Waals surface area contributed by atoms with Gasteiger partial charge in [-0.2, -0.15) is 0 Å². The molecule has 1 atom stereocenters. The van der Waals surface area contributed by atoms with Gasteiger partial charge < -0.3 is 20.3 Å². The number of hydrogen-bond acceptors (Lipinski definition) is 4. The molecule has 0 aromatic heterocycles. The van der Waals surface area contributed by atoms with Crippen molar-refractivity contribution in [1.29, 1.82) is 0 Å². The normalized spacial score (nSPS) is 20.2. The zero-order valence-corrected chi connectivity index (χ0v) is 10.8. The van der Waals surface area contributed by atoms with E-state index in [0.29, 0.717) is 13.1 Å². The smallest absolute Gasteiger partial charge is 0.242 e. The van der Waals surface area contributed by atoms with E-state index in [1.807, 2.05) is 29.2 Å². The van der Waals surface area contributed by atoms with Gasteiger partial charge in [0.15, 0.2) is 0 Å². The molecule has 1 unspecified atom stereocenters. The van der Waals surface area contributed by atoms with E-state index in [0.717, 1.165) is 18.0 Å². The van der Waals surface area contributed by atoms with E-state index in [4.69, 9.17) is 10.5 Å². The van der Waals surface area contributed by atoms with Crippen LogP contribution >= 0.6 is 0 Å². The second-order valence-electron chi connectivity index (χ2n) is 4.45. The van der Waals surface area contributed by atoms with E-state index in [-0.39, 0.29) is 11.9 Å². The Morgan fingerprint density at radius 2 is 2.17 bits per heavy atom. The summed E-state index contributed by atoms with van der Waals surface area (Å²) < 4.78 is 5.33. The predicted octanol–water partition coefficient (Wildman–Crippen LogP) is 0.301. The number of amides is 1. The molecule has 1 aromatic rings. The third-order valence-corrected chi connectivity index (χ3v) is 3.40. The first-order chi connectivity index (χ1) is 8.67. The highest BCUT2D eigenvalue weighted by Crippen LogP contribution is 2.29. The average molecular weight is 249 g/mol. The highest BCUT2D eigenvalue weighted by molar-refractivity contribution is 5.83. The summed E-state index contributed by atoms with van der Waals surface area (Å²) >= 11 is 0. The Labute approximate surface area is 107 Å². The van der Waals surface area contributed by atoms with E-state index >= 15 is 0 Å². The summed E-state index contributed by atoms with van der Waals surface area (Å²) in [4.78, 5) is 15.7. The quantitative estimate of drug-likeness (QED) is 0.837. The van der Waals surface area contributed by atoms with Crippen LogP contribution in [0.2, 0.25) is 0 Å². The lowest BCUT2D eigenvalue weighted by molar-refractivity contribution is -0.131. The number of piperazine rings is 1. The first-order valence-electron chi connectivity index (χ1n) is 6.01. The monoisotopic (exact) mass is 249 g/mol. The van der Waals surface area contributed by atoms with Crippen molar-refractivity contribution in [3.05, 3.63) is 24.3 Å². The summed E-state index contributed by atoms with van der Waals surface area (Å²) in [6.07, 6.45) is 0. The summed E-state index contributed by atoms with van der Waals surface area (Å²) in [5.74, 6) is 0.869. The third-order valence-electron chi connectivity index (χ3n) is 3.40. The van der Waals surface area contributed by atoms with Crippen molar-refractivity contribution in [2.75, 3.05) is 38.7 Å². The molecule has 5 heteroatoms. The van der Waals surface area contributed by atoms with E-state index in [2.05, 4.69) is 0 Å². The van der Waals surface area contributed by atoms with Gasteiger partial charge in [-0.15, -0.1) is 0 Å². The summed E-state index contributed by atoms with van der Waals surface area (Å²) in [7, 11) is 3.44. The number of benzene rings is 1. The fourth-order valence-corrected chi connectivity index (χ4v) is 2.23. The minimum absolute atomic E-state index is 0.0520. The van der Waals surface area contributed by atoms with Crippen LogP contribution in [0.5, 0.6) is 5.75 Å². The third kappa shape index (κ3) is 2.26. The Morgan fingerprint density at radius 1 is 1.44 bits per heavy atom. The minimum atomic E-state index is 0.0520. The molecule has 2 N–H and O–H groups in total. The Hall–Kier alpha value is -1.75. The Kier molecular flexibility index (Phi) is 3.72. The molecule has 0 bridgehead atoms. The maximum atomic E-state index is 11.9. The number of nitrogens with two attached hydrogens (primary N) is 1. The second-order valence-corrected chi connectivity index (χ2v) is 4.45. The maximum Gasteiger partial charge on any atom is 0.242 e. The van der Waals surface area contributed by atoms with Gasteiger partial charge in [-0.1, -0.05) is 12.1 Å². The van der Waals surface area contributed by atoms with Crippen molar-refractivity contribution in [1.82, 2.24) is 4.90 Å². The SMILES string of the molecule is COc1ccccc1N1CC(=O)N(C)C(CN)C1. The Bertz CT molecular complexity index is 436. The maximum absolute atomic E-state index is 11.9. The van der Waals surface area contributed by atoms with Crippen molar-refractivity contribution >= 4 is 11.6 Å². The molecule has 18 heavy (non-hydrogen) atoms. The molecule has 1 aromatic carbocycles. The number of hydrogen-bond donors (Lipinski definition) is 1. The molecule has 5 nitrogen and oxygen atoms in total. The molecule has 1 fully saturated rings. The number of carbonyl (C=O) groups is 1. The van der Waals surface area contributed by atoms with Gasteiger partial charge >= 0.3 is 0 Å². The lowest BCUT2D eigenvalue weighted by Gasteiger charge is -2.40. The van der Waals surface area contributed by atoms with Crippen LogP contribution in [0.3, 0.4) is 0 Å².